The molecule has 2 aromatic rings. The minimum Gasteiger partial charge on any atom is -0.244 e. The van der Waals surface area contributed by atoms with Gasteiger partial charge in [-0.15, -0.1) is 0 Å². The first-order valence-corrected chi connectivity index (χ1v) is 8.09. The minimum atomic E-state index is -2.70. The first-order valence-electron chi connectivity index (χ1n) is 8.09. The van der Waals surface area contributed by atoms with Crippen molar-refractivity contribution in [3.8, 4) is 0 Å². The highest BCUT2D eigenvalue weighted by Gasteiger charge is 2.19. The second-order valence-corrected chi connectivity index (χ2v) is 6.04. The molecule has 0 amide bonds. The fourth-order valence-electron chi connectivity index (χ4n) is 2.71. The van der Waals surface area contributed by atoms with E-state index in [1.807, 2.05) is 13.8 Å². The van der Waals surface area contributed by atoms with Gasteiger partial charge in [-0.25, -0.2) is 37.5 Å². The SMILES string of the molecule is CC(CCCC(C)c1ncncc1C(F)F)c1ccnc(C(F)F)n1. The molecule has 0 aliphatic heterocycles. The van der Waals surface area contributed by atoms with Crippen LogP contribution in [-0.2, 0) is 0 Å². The summed E-state index contributed by atoms with van der Waals surface area (Å²) in [6.07, 6.45) is 0.560. The maximum atomic E-state index is 13.0. The number of hydrogen-bond acceptors (Lipinski definition) is 4. The van der Waals surface area contributed by atoms with E-state index in [-0.39, 0.29) is 17.4 Å². The van der Waals surface area contributed by atoms with E-state index in [9.17, 15) is 17.6 Å². The number of aromatic nitrogens is 4. The van der Waals surface area contributed by atoms with Gasteiger partial charge in [-0.05, 0) is 30.7 Å². The zero-order chi connectivity index (χ0) is 18.4. The molecule has 0 saturated carbocycles. The molecule has 0 aliphatic rings. The molecule has 0 bridgehead atoms. The lowest BCUT2D eigenvalue weighted by Crippen LogP contribution is -2.06. The van der Waals surface area contributed by atoms with Gasteiger partial charge in [0.2, 0.25) is 0 Å². The highest BCUT2D eigenvalue weighted by Crippen LogP contribution is 2.30. The van der Waals surface area contributed by atoms with Crippen molar-refractivity contribution in [2.75, 3.05) is 0 Å². The summed E-state index contributed by atoms with van der Waals surface area (Å²) < 4.78 is 51.3. The Morgan fingerprint density at radius 2 is 1.68 bits per heavy atom. The zero-order valence-corrected chi connectivity index (χ0v) is 14.0. The minimum absolute atomic E-state index is 0.0207. The van der Waals surface area contributed by atoms with Gasteiger partial charge in [0.15, 0.2) is 5.82 Å². The molecule has 2 aromatic heterocycles. The van der Waals surface area contributed by atoms with Gasteiger partial charge >= 0.3 is 0 Å². The summed E-state index contributed by atoms with van der Waals surface area (Å²) in [6, 6.07) is 1.62. The van der Waals surface area contributed by atoms with Crippen molar-refractivity contribution in [3.63, 3.8) is 0 Å². The fourth-order valence-corrected chi connectivity index (χ4v) is 2.71. The van der Waals surface area contributed by atoms with E-state index in [1.54, 1.807) is 6.07 Å². The van der Waals surface area contributed by atoms with Gasteiger partial charge < -0.3 is 0 Å². The third-order valence-corrected chi connectivity index (χ3v) is 4.14. The molecule has 0 aliphatic carbocycles. The van der Waals surface area contributed by atoms with E-state index in [4.69, 9.17) is 0 Å². The third kappa shape index (κ3) is 5.17. The van der Waals surface area contributed by atoms with Crippen molar-refractivity contribution in [2.24, 2.45) is 0 Å². The zero-order valence-electron chi connectivity index (χ0n) is 14.0. The van der Waals surface area contributed by atoms with Crippen molar-refractivity contribution >= 4 is 0 Å². The average molecular weight is 356 g/mol. The molecule has 2 atom stereocenters. The molecule has 0 N–H and O–H groups in total. The standard InChI is InChI=1S/C17H20F4N4/c1-10(13-6-7-23-17(25-13)16(20)21)4-3-5-11(2)14-12(15(18)19)8-22-9-24-14/h6-11,15-16H,3-5H2,1-2H3. The number of halogens is 4. The van der Waals surface area contributed by atoms with Crippen LogP contribution in [0.2, 0.25) is 0 Å². The number of rotatable bonds is 8. The Bertz CT molecular complexity index is 681. The number of nitrogens with zero attached hydrogens (tertiary/aromatic N) is 4. The summed E-state index contributed by atoms with van der Waals surface area (Å²) in [5.74, 6) is -0.630. The van der Waals surface area contributed by atoms with Crippen LogP contribution in [0.4, 0.5) is 17.6 Å². The van der Waals surface area contributed by atoms with Crippen LogP contribution < -0.4 is 0 Å². The molecule has 4 nitrogen and oxygen atoms in total. The summed E-state index contributed by atoms with van der Waals surface area (Å²) in [5, 5.41) is 0. The first kappa shape index (κ1) is 19.2. The van der Waals surface area contributed by atoms with Crippen LogP contribution in [0.25, 0.3) is 0 Å². The second kappa shape index (κ2) is 8.82. The largest absolute Gasteiger partial charge is 0.297 e. The number of hydrogen-bond donors (Lipinski definition) is 0. The smallest absolute Gasteiger partial charge is 0.244 e. The lowest BCUT2D eigenvalue weighted by atomic mass is 9.93. The Balaban J connectivity index is 1.93. The van der Waals surface area contributed by atoms with E-state index in [2.05, 4.69) is 19.9 Å². The van der Waals surface area contributed by atoms with Crippen molar-refractivity contribution in [1.29, 1.82) is 0 Å². The molecule has 8 heteroatoms. The monoisotopic (exact) mass is 356 g/mol. The Labute approximate surface area is 143 Å². The van der Waals surface area contributed by atoms with Gasteiger partial charge in [-0.3, -0.25) is 0 Å². The molecule has 0 spiro atoms. The van der Waals surface area contributed by atoms with Crippen LogP contribution in [0.3, 0.4) is 0 Å². The predicted molar refractivity (Wildman–Crippen MR) is 84.7 cm³/mol. The van der Waals surface area contributed by atoms with Crippen molar-refractivity contribution in [3.05, 3.63) is 47.6 Å². The fraction of sp³-hybridized carbons (Fsp3) is 0.529. The summed E-state index contributed by atoms with van der Waals surface area (Å²) in [7, 11) is 0. The van der Waals surface area contributed by atoms with Crippen molar-refractivity contribution < 1.29 is 17.6 Å². The molecule has 2 unspecified atom stereocenters. The Kier molecular flexibility index (Phi) is 6.78. The highest BCUT2D eigenvalue weighted by molar-refractivity contribution is 5.20. The van der Waals surface area contributed by atoms with Gasteiger partial charge in [0.05, 0.1) is 11.3 Å². The molecule has 0 radical (unpaired) electrons. The Hall–Kier alpha value is -2.12. The van der Waals surface area contributed by atoms with Crippen LogP contribution in [0.5, 0.6) is 0 Å². The third-order valence-electron chi connectivity index (χ3n) is 4.14. The van der Waals surface area contributed by atoms with Crippen LogP contribution in [0.15, 0.2) is 24.8 Å². The van der Waals surface area contributed by atoms with E-state index in [1.165, 1.54) is 12.5 Å². The molecular formula is C17H20F4N4. The van der Waals surface area contributed by atoms with Gasteiger partial charge in [-0.2, -0.15) is 0 Å². The van der Waals surface area contributed by atoms with Gasteiger partial charge in [-0.1, -0.05) is 20.3 Å². The lowest BCUT2D eigenvalue weighted by Gasteiger charge is -2.16. The van der Waals surface area contributed by atoms with E-state index in [0.29, 0.717) is 24.2 Å². The molecule has 25 heavy (non-hydrogen) atoms. The van der Waals surface area contributed by atoms with Crippen LogP contribution in [0.1, 0.15) is 80.6 Å². The van der Waals surface area contributed by atoms with Crippen molar-refractivity contribution in [1.82, 2.24) is 19.9 Å². The van der Waals surface area contributed by atoms with Gasteiger partial charge in [0.1, 0.15) is 6.33 Å². The molecule has 2 heterocycles. The summed E-state index contributed by atoms with van der Waals surface area (Å²) in [5.41, 5.74) is 0.786. The van der Waals surface area contributed by atoms with Gasteiger partial charge in [0.25, 0.3) is 12.9 Å². The van der Waals surface area contributed by atoms with Crippen LogP contribution in [0, 0.1) is 0 Å². The maximum Gasteiger partial charge on any atom is 0.297 e. The average Bonchev–Trinajstić information content (AvgIpc) is 2.61. The summed E-state index contributed by atoms with van der Waals surface area (Å²) in [4.78, 5) is 15.1. The van der Waals surface area contributed by atoms with Gasteiger partial charge in [0, 0.05) is 18.1 Å². The van der Waals surface area contributed by atoms with Crippen LogP contribution in [-0.4, -0.2) is 19.9 Å². The van der Waals surface area contributed by atoms with E-state index in [0.717, 1.165) is 12.6 Å². The lowest BCUT2D eigenvalue weighted by molar-refractivity contribution is 0.139. The Morgan fingerprint density at radius 3 is 2.36 bits per heavy atom. The quantitative estimate of drug-likeness (QED) is 0.609. The van der Waals surface area contributed by atoms with E-state index >= 15 is 0 Å². The summed E-state index contributed by atoms with van der Waals surface area (Å²) in [6.45, 7) is 3.75. The normalized spacial score (nSPS) is 14.1. The van der Waals surface area contributed by atoms with Crippen LogP contribution >= 0.6 is 0 Å². The molecular weight excluding hydrogens is 336 g/mol. The topological polar surface area (TPSA) is 51.6 Å². The molecule has 136 valence electrons. The molecule has 0 aromatic carbocycles. The number of alkyl halides is 4. The second-order valence-electron chi connectivity index (χ2n) is 6.04. The van der Waals surface area contributed by atoms with Crippen molar-refractivity contribution in [2.45, 2.75) is 57.8 Å². The maximum absolute atomic E-state index is 13.0. The Morgan fingerprint density at radius 1 is 0.960 bits per heavy atom. The molecule has 0 saturated heterocycles. The first-order chi connectivity index (χ1) is 11.9. The predicted octanol–water partition coefficient (Wildman–Crippen LogP) is 5.22. The summed E-state index contributed by atoms with van der Waals surface area (Å²) >= 11 is 0. The molecule has 2 rings (SSSR count). The molecule has 0 fully saturated rings. The van der Waals surface area contributed by atoms with E-state index < -0.39 is 18.7 Å². The highest BCUT2D eigenvalue weighted by atomic mass is 19.3.